The lowest BCUT2D eigenvalue weighted by Crippen LogP contribution is -2.47. The molecule has 98 valence electrons. The fraction of sp³-hybridized carbons (Fsp3) is 0.500. The average molecular weight is 312 g/mol. The topological polar surface area (TPSA) is 40.5 Å². The number of aromatic hydroxyl groups is 1. The Morgan fingerprint density at radius 2 is 1.94 bits per heavy atom. The van der Waals surface area contributed by atoms with E-state index in [0.29, 0.717) is 10.0 Å². The van der Waals surface area contributed by atoms with E-state index < -0.39 is 0 Å². The number of carbonyl (C=O) groups excluding carboxylic acids is 1. The van der Waals surface area contributed by atoms with Gasteiger partial charge in [-0.25, -0.2) is 0 Å². The number of phenolic OH excluding ortho intramolecular Hbond substituents is 1. The summed E-state index contributed by atoms with van der Waals surface area (Å²) in [6.07, 6.45) is 3.29. The van der Waals surface area contributed by atoms with E-state index in [1.165, 1.54) is 12.5 Å². The molecule has 1 heterocycles. The predicted octanol–water partition coefficient (Wildman–Crippen LogP) is 3.56. The molecule has 2 rings (SSSR count). The maximum absolute atomic E-state index is 12.5. The van der Waals surface area contributed by atoms with Crippen molar-refractivity contribution in [3.8, 4) is 5.75 Å². The molecule has 1 aliphatic heterocycles. The van der Waals surface area contributed by atoms with E-state index in [0.717, 1.165) is 12.8 Å². The maximum Gasteiger partial charge on any atom is 0.254 e. The quantitative estimate of drug-likeness (QED) is 0.861. The third-order valence-electron chi connectivity index (χ3n) is 3.62. The summed E-state index contributed by atoms with van der Waals surface area (Å²) < 4.78 is 0.610. The summed E-state index contributed by atoms with van der Waals surface area (Å²) in [5.41, 5.74) is 0.552. The van der Waals surface area contributed by atoms with Crippen LogP contribution in [0.2, 0.25) is 0 Å². The predicted molar refractivity (Wildman–Crippen MR) is 74.8 cm³/mol. The van der Waals surface area contributed by atoms with Crippen molar-refractivity contribution in [2.75, 3.05) is 0 Å². The van der Waals surface area contributed by atoms with Gasteiger partial charge in [0.25, 0.3) is 5.91 Å². The molecule has 0 bridgehead atoms. The zero-order valence-electron chi connectivity index (χ0n) is 10.7. The van der Waals surface area contributed by atoms with E-state index in [2.05, 4.69) is 29.8 Å². The van der Waals surface area contributed by atoms with E-state index in [9.17, 15) is 9.90 Å². The number of rotatable bonds is 1. The first-order valence-corrected chi connectivity index (χ1v) is 7.11. The summed E-state index contributed by atoms with van der Waals surface area (Å²) in [5.74, 6) is 0.121. The Hall–Kier alpha value is -1.03. The fourth-order valence-corrected chi connectivity index (χ4v) is 2.86. The lowest BCUT2D eigenvalue weighted by atomic mass is 9.96. The first kappa shape index (κ1) is 13.4. The number of amides is 1. The van der Waals surface area contributed by atoms with Gasteiger partial charge in [-0.05, 0) is 67.2 Å². The van der Waals surface area contributed by atoms with Crippen LogP contribution in [0.1, 0.15) is 43.5 Å². The monoisotopic (exact) mass is 311 g/mol. The summed E-state index contributed by atoms with van der Waals surface area (Å²) in [4.78, 5) is 14.4. The molecule has 1 fully saturated rings. The molecule has 1 amide bonds. The van der Waals surface area contributed by atoms with Gasteiger partial charge in [-0.2, -0.15) is 0 Å². The molecule has 0 spiro atoms. The largest absolute Gasteiger partial charge is 0.507 e. The fourth-order valence-electron chi connectivity index (χ4n) is 2.62. The molecule has 1 N–H and O–H groups in total. The summed E-state index contributed by atoms with van der Waals surface area (Å²) >= 11 is 3.22. The summed E-state index contributed by atoms with van der Waals surface area (Å²) in [6, 6.07) is 5.53. The zero-order valence-corrected chi connectivity index (χ0v) is 12.3. The normalized spacial score (nSPS) is 24.1. The summed E-state index contributed by atoms with van der Waals surface area (Å²) in [5, 5.41) is 9.66. The van der Waals surface area contributed by atoms with E-state index in [4.69, 9.17) is 0 Å². The Bertz CT molecular complexity index is 451. The van der Waals surface area contributed by atoms with Crippen molar-refractivity contribution < 1.29 is 9.90 Å². The minimum absolute atomic E-state index is 0.0116. The lowest BCUT2D eigenvalue weighted by Gasteiger charge is -2.39. The molecule has 1 aliphatic rings. The highest BCUT2D eigenvalue weighted by Gasteiger charge is 2.29. The van der Waals surface area contributed by atoms with Crippen molar-refractivity contribution in [2.24, 2.45) is 0 Å². The smallest absolute Gasteiger partial charge is 0.254 e. The molecular weight excluding hydrogens is 294 g/mol. The highest BCUT2D eigenvalue weighted by Crippen LogP contribution is 2.28. The molecule has 1 saturated heterocycles. The van der Waals surface area contributed by atoms with Gasteiger partial charge in [0, 0.05) is 17.6 Å². The number of likely N-dealkylation sites (tertiary alicyclic amines) is 1. The van der Waals surface area contributed by atoms with E-state index in [1.807, 2.05) is 4.90 Å². The summed E-state index contributed by atoms with van der Waals surface area (Å²) in [6.45, 7) is 4.18. The third kappa shape index (κ3) is 2.53. The number of carbonyl (C=O) groups is 1. The first-order valence-electron chi connectivity index (χ1n) is 6.32. The Morgan fingerprint density at radius 3 is 2.50 bits per heavy atom. The van der Waals surface area contributed by atoms with Crippen LogP contribution in [0.25, 0.3) is 0 Å². The number of halogens is 1. The second kappa shape index (κ2) is 5.31. The van der Waals surface area contributed by atoms with Gasteiger partial charge in [0.2, 0.25) is 0 Å². The molecular formula is C14H18BrNO2. The van der Waals surface area contributed by atoms with Gasteiger partial charge in [0.1, 0.15) is 5.75 Å². The number of hydrogen-bond donors (Lipinski definition) is 1. The van der Waals surface area contributed by atoms with Crippen molar-refractivity contribution in [1.29, 1.82) is 0 Å². The average Bonchev–Trinajstić information content (AvgIpc) is 2.32. The van der Waals surface area contributed by atoms with Gasteiger partial charge in [0.15, 0.2) is 0 Å². The Balaban J connectivity index is 2.26. The minimum atomic E-state index is 0.0116. The Labute approximate surface area is 116 Å². The van der Waals surface area contributed by atoms with Crippen LogP contribution in [-0.4, -0.2) is 28.0 Å². The van der Waals surface area contributed by atoms with Gasteiger partial charge < -0.3 is 10.0 Å². The van der Waals surface area contributed by atoms with Crippen molar-refractivity contribution >= 4 is 21.8 Å². The van der Waals surface area contributed by atoms with Crippen LogP contribution in [-0.2, 0) is 0 Å². The van der Waals surface area contributed by atoms with Gasteiger partial charge in [-0.3, -0.25) is 4.79 Å². The van der Waals surface area contributed by atoms with E-state index in [-0.39, 0.29) is 23.7 Å². The molecule has 0 saturated carbocycles. The molecule has 2 unspecified atom stereocenters. The second-order valence-corrected chi connectivity index (χ2v) is 5.86. The number of benzene rings is 1. The van der Waals surface area contributed by atoms with Crippen LogP contribution in [0.3, 0.4) is 0 Å². The number of phenols is 1. The van der Waals surface area contributed by atoms with Crippen LogP contribution in [0.4, 0.5) is 0 Å². The molecule has 18 heavy (non-hydrogen) atoms. The highest BCUT2D eigenvalue weighted by molar-refractivity contribution is 9.10. The molecule has 1 aromatic rings. The third-order valence-corrected chi connectivity index (χ3v) is 4.29. The number of hydrogen-bond acceptors (Lipinski definition) is 2. The SMILES string of the molecule is CC1CCCC(C)N1C(=O)c1ccc(Br)c(O)c1. The van der Waals surface area contributed by atoms with Gasteiger partial charge >= 0.3 is 0 Å². The van der Waals surface area contributed by atoms with Crippen molar-refractivity contribution in [2.45, 2.75) is 45.2 Å². The molecule has 1 aromatic carbocycles. The van der Waals surface area contributed by atoms with Crippen LogP contribution in [0, 0.1) is 0 Å². The molecule has 2 atom stereocenters. The van der Waals surface area contributed by atoms with Crippen LogP contribution in [0.15, 0.2) is 22.7 Å². The van der Waals surface area contributed by atoms with Crippen molar-refractivity contribution in [3.05, 3.63) is 28.2 Å². The van der Waals surface area contributed by atoms with Crippen molar-refractivity contribution in [1.82, 2.24) is 4.90 Å². The van der Waals surface area contributed by atoms with Gasteiger partial charge in [-0.15, -0.1) is 0 Å². The van der Waals surface area contributed by atoms with Crippen molar-refractivity contribution in [3.63, 3.8) is 0 Å². The summed E-state index contributed by atoms with van der Waals surface area (Å²) in [7, 11) is 0. The number of nitrogens with zero attached hydrogens (tertiary/aromatic N) is 1. The van der Waals surface area contributed by atoms with Crippen LogP contribution in [0.5, 0.6) is 5.75 Å². The Kier molecular flexibility index (Phi) is 3.95. The van der Waals surface area contributed by atoms with E-state index in [1.54, 1.807) is 12.1 Å². The molecule has 4 heteroatoms. The Morgan fingerprint density at radius 1 is 1.33 bits per heavy atom. The molecule has 0 radical (unpaired) electrons. The minimum Gasteiger partial charge on any atom is -0.507 e. The van der Waals surface area contributed by atoms with Gasteiger partial charge in [-0.1, -0.05) is 0 Å². The first-order chi connectivity index (χ1) is 8.50. The molecule has 0 aliphatic carbocycles. The standard InChI is InChI=1S/C14H18BrNO2/c1-9-4-3-5-10(2)16(9)14(18)11-6-7-12(15)13(17)8-11/h6-10,17H,3-5H2,1-2H3. The van der Waals surface area contributed by atoms with E-state index >= 15 is 0 Å². The van der Waals surface area contributed by atoms with Crippen LogP contribution >= 0.6 is 15.9 Å². The van der Waals surface area contributed by atoms with Gasteiger partial charge in [0.05, 0.1) is 4.47 Å². The lowest BCUT2D eigenvalue weighted by molar-refractivity contribution is 0.0510. The second-order valence-electron chi connectivity index (χ2n) is 5.01. The number of piperidine rings is 1. The highest BCUT2D eigenvalue weighted by atomic mass is 79.9. The molecule has 0 aromatic heterocycles. The zero-order chi connectivity index (χ0) is 13.3. The maximum atomic E-state index is 12.5. The van der Waals surface area contributed by atoms with Crippen LogP contribution < -0.4 is 0 Å². The molecule has 3 nitrogen and oxygen atoms in total.